The third kappa shape index (κ3) is 14.5. The van der Waals surface area contributed by atoms with Crippen LogP contribution in [0.5, 0.6) is 0 Å². The van der Waals surface area contributed by atoms with Crippen molar-refractivity contribution in [1.29, 1.82) is 0 Å². The molecule has 1 aromatic rings. The fraction of sp³-hybridized carbons (Fsp3) is 0.588. The lowest BCUT2D eigenvalue weighted by Gasteiger charge is -2.26. The maximum absolute atomic E-state index is 13.4. The van der Waals surface area contributed by atoms with E-state index in [0.29, 0.717) is 30.7 Å². The Labute approximate surface area is 267 Å². The average Bonchev–Trinajstić information content (AvgIpc) is 2.97. The van der Waals surface area contributed by atoms with E-state index in [1.807, 2.05) is 33.8 Å². The molecule has 0 aliphatic heterocycles. The minimum absolute atomic E-state index is 0.0326. The molecule has 250 valence electrons. The minimum Gasteiger partial charge on any atom is -0.479 e. The number of Topliss-reactive ketones (excluding diaryl/α,β-unsaturated/α-hetero) is 1. The molecule has 0 aliphatic carbocycles. The summed E-state index contributed by atoms with van der Waals surface area (Å²) in [5.41, 5.74) is 0.344. The van der Waals surface area contributed by atoms with E-state index < -0.39 is 54.1 Å². The highest BCUT2D eigenvalue weighted by molar-refractivity contribution is 6.38. The molecular formula is C34H52N4O7. The van der Waals surface area contributed by atoms with Gasteiger partial charge in [-0.25, -0.2) is 4.79 Å². The minimum atomic E-state index is -1.34. The molecule has 0 bridgehead atoms. The van der Waals surface area contributed by atoms with Crippen molar-refractivity contribution >= 4 is 35.4 Å². The predicted molar refractivity (Wildman–Crippen MR) is 173 cm³/mol. The molecule has 0 fully saturated rings. The Bertz CT molecular complexity index is 1160. The molecule has 0 heterocycles. The fourth-order valence-corrected chi connectivity index (χ4v) is 4.66. The van der Waals surface area contributed by atoms with Crippen LogP contribution in [0.2, 0.25) is 0 Å². The second-order valence-electron chi connectivity index (χ2n) is 12.5. The number of rotatable bonds is 20. The summed E-state index contributed by atoms with van der Waals surface area (Å²) in [4.78, 5) is 76.5. The van der Waals surface area contributed by atoms with Crippen LogP contribution in [0.15, 0.2) is 42.5 Å². The Morgan fingerprint density at radius 2 is 1.38 bits per heavy atom. The summed E-state index contributed by atoms with van der Waals surface area (Å²) >= 11 is 0. The van der Waals surface area contributed by atoms with E-state index in [9.17, 15) is 33.9 Å². The van der Waals surface area contributed by atoms with Gasteiger partial charge in [0, 0.05) is 5.92 Å². The highest BCUT2D eigenvalue weighted by atomic mass is 16.4. The van der Waals surface area contributed by atoms with Crippen LogP contribution in [0.3, 0.4) is 0 Å². The molecule has 0 saturated carbocycles. The zero-order valence-corrected chi connectivity index (χ0v) is 27.7. The largest absolute Gasteiger partial charge is 0.479 e. The molecule has 45 heavy (non-hydrogen) atoms. The number of carbonyl (C=O) groups is 6. The van der Waals surface area contributed by atoms with E-state index in [4.69, 9.17) is 0 Å². The Hall–Kier alpha value is -4.02. The number of allylic oxidation sites excluding steroid dienone is 2. The number of nitrogens with one attached hydrogen (secondary N) is 4. The number of carboxylic acids is 1. The summed E-state index contributed by atoms with van der Waals surface area (Å²) in [6.07, 6.45) is 6.48. The van der Waals surface area contributed by atoms with Crippen LogP contribution in [0.1, 0.15) is 92.2 Å². The number of aliphatic carboxylic acids is 1. The Kier molecular flexibility index (Phi) is 17.4. The predicted octanol–water partition coefficient (Wildman–Crippen LogP) is 3.69. The van der Waals surface area contributed by atoms with Crippen molar-refractivity contribution in [3.63, 3.8) is 0 Å². The van der Waals surface area contributed by atoms with Gasteiger partial charge in [0.05, 0.1) is 12.6 Å². The first-order chi connectivity index (χ1) is 21.2. The Balaban J connectivity index is 2.91. The molecule has 5 N–H and O–H groups in total. The van der Waals surface area contributed by atoms with Crippen molar-refractivity contribution in [3.05, 3.63) is 48.0 Å². The summed E-state index contributed by atoms with van der Waals surface area (Å²) in [6.45, 7) is 13.1. The van der Waals surface area contributed by atoms with Crippen LogP contribution < -0.4 is 21.3 Å². The van der Waals surface area contributed by atoms with Gasteiger partial charge in [0.2, 0.25) is 23.5 Å². The number of ketones is 1. The van der Waals surface area contributed by atoms with Gasteiger partial charge < -0.3 is 26.4 Å². The van der Waals surface area contributed by atoms with Crippen molar-refractivity contribution in [2.75, 3.05) is 6.54 Å². The van der Waals surface area contributed by atoms with E-state index in [-0.39, 0.29) is 30.1 Å². The summed E-state index contributed by atoms with van der Waals surface area (Å²) in [7, 11) is 0. The van der Waals surface area contributed by atoms with Crippen molar-refractivity contribution < 1.29 is 33.9 Å². The molecule has 0 saturated heterocycles. The molecule has 1 rings (SSSR count). The number of carboxylic acid groups (broad SMARTS) is 1. The van der Waals surface area contributed by atoms with Gasteiger partial charge in [0.15, 0.2) is 6.04 Å². The first-order valence-corrected chi connectivity index (χ1v) is 15.8. The number of hydrogen-bond acceptors (Lipinski definition) is 6. The first kappa shape index (κ1) is 39.0. The highest BCUT2D eigenvalue weighted by Gasteiger charge is 2.32. The van der Waals surface area contributed by atoms with Gasteiger partial charge in [-0.3, -0.25) is 24.0 Å². The first-order valence-electron chi connectivity index (χ1n) is 15.8. The molecule has 1 aromatic carbocycles. The van der Waals surface area contributed by atoms with Gasteiger partial charge in [0.1, 0.15) is 6.04 Å². The zero-order valence-electron chi connectivity index (χ0n) is 27.7. The number of hydrogen-bond donors (Lipinski definition) is 5. The summed E-state index contributed by atoms with van der Waals surface area (Å²) in [6, 6.07) is 4.63. The average molecular weight is 629 g/mol. The van der Waals surface area contributed by atoms with E-state index in [1.165, 1.54) is 0 Å². The molecule has 11 heteroatoms. The molecule has 0 aromatic heterocycles. The maximum atomic E-state index is 13.4. The van der Waals surface area contributed by atoms with E-state index >= 15 is 0 Å². The second-order valence-corrected chi connectivity index (χ2v) is 12.5. The standard InChI is InChI=1S/C34H52N4O7/c1-8-14-26(30(40)33(43)35-20-28(39)38-29(34(44)45)24-16-10-9-11-17-24)36-32(42)27(19-22(4)5)37-31(41)25(23(6)7)18-13-12-15-21(2)3/h9-13,16-17,21-23,25-27,29H,8,14-15,18-20H2,1-7H3,(H,35,43)(H,36,42)(H,37,41)(H,38,39)(H,44,45). The van der Waals surface area contributed by atoms with Crippen LogP contribution in [0.4, 0.5) is 0 Å². The van der Waals surface area contributed by atoms with Crippen molar-refractivity contribution in [2.45, 2.75) is 98.7 Å². The van der Waals surface area contributed by atoms with Crippen LogP contribution in [-0.2, 0) is 28.8 Å². The second kappa shape index (κ2) is 20.1. The third-order valence-electron chi connectivity index (χ3n) is 7.17. The monoisotopic (exact) mass is 628 g/mol. The number of amides is 4. The van der Waals surface area contributed by atoms with E-state index in [1.54, 1.807) is 37.3 Å². The van der Waals surface area contributed by atoms with Crippen LogP contribution in [0, 0.1) is 23.7 Å². The molecule has 0 spiro atoms. The molecule has 4 amide bonds. The quantitative estimate of drug-likeness (QED) is 0.108. The van der Waals surface area contributed by atoms with Gasteiger partial charge in [0.25, 0.3) is 5.91 Å². The zero-order chi connectivity index (χ0) is 34.1. The summed E-state index contributed by atoms with van der Waals surface area (Å²) in [5, 5.41) is 19.6. The maximum Gasteiger partial charge on any atom is 0.330 e. The summed E-state index contributed by atoms with van der Waals surface area (Å²) in [5.74, 6) is -4.69. The summed E-state index contributed by atoms with van der Waals surface area (Å²) < 4.78 is 0. The molecule has 4 atom stereocenters. The molecule has 11 nitrogen and oxygen atoms in total. The lowest BCUT2D eigenvalue weighted by molar-refractivity contribution is -0.142. The normalized spacial score (nSPS) is 14.1. The van der Waals surface area contributed by atoms with Crippen LogP contribution in [0.25, 0.3) is 0 Å². The van der Waals surface area contributed by atoms with Gasteiger partial charge >= 0.3 is 5.97 Å². The van der Waals surface area contributed by atoms with Crippen molar-refractivity contribution in [2.24, 2.45) is 23.7 Å². The lowest BCUT2D eigenvalue weighted by Crippen LogP contribution is -2.55. The Morgan fingerprint density at radius 1 is 0.778 bits per heavy atom. The molecular weight excluding hydrogens is 576 g/mol. The van der Waals surface area contributed by atoms with Gasteiger partial charge in [-0.05, 0) is 49.0 Å². The Morgan fingerprint density at radius 3 is 1.91 bits per heavy atom. The van der Waals surface area contributed by atoms with Crippen LogP contribution >= 0.6 is 0 Å². The van der Waals surface area contributed by atoms with Crippen molar-refractivity contribution in [3.8, 4) is 0 Å². The number of benzene rings is 1. The fourth-order valence-electron chi connectivity index (χ4n) is 4.66. The van der Waals surface area contributed by atoms with Gasteiger partial charge in [-0.15, -0.1) is 0 Å². The lowest BCUT2D eigenvalue weighted by atomic mass is 9.90. The smallest absolute Gasteiger partial charge is 0.330 e. The molecule has 0 aliphatic rings. The van der Waals surface area contributed by atoms with E-state index in [2.05, 4.69) is 41.2 Å². The van der Waals surface area contributed by atoms with Gasteiger partial charge in [-0.1, -0.05) is 97.4 Å². The SMILES string of the molecule is CCCC(NC(=O)C(CC(C)C)NC(=O)C(CC=CCC(C)C)C(C)C)C(=O)C(=O)NCC(=O)NC(C(=O)O)c1ccccc1. The van der Waals surface area contributed by atoms with Crippen LogP contribution in [-0.4, -0.2) is 59.1 Å². The van der Waals surface area contributed by atoms with Crippen molar-refractivity contribution in [1.82, 2.24) is 21.3 Å². The number of carbonyl (C=O) groups excluding carboxylic acids is 5. The topological polar surface area (TPSA) is 171 Å². The molecule has 4 unspecified atom stereocenters. The van der Waals surface area contributed by atoms with Gasteiger partial charge in [-0.2, -0.15) is 0 Å². The molecule has 0 radical (unpaired) electrons. The highest BCUT2D eigenvalue weighted by Crippen LogP contribution is 2.18. The third-order valence-corrected chi connectivity index (χ3v) is 7.17. The van der Waals surface area contributed by atoms with E-state index in [0.717, 1.165) is 6.42 Å².